The fourth-order valence-electron chi connectivity index (χ4n) is 4.28. The molecule has 1 spiro atoms. The van der Waals surface area contributed by atoms with Crippen molar-refractivity contribution in [1.29, 1.82) is 0 Å². The first-order valence-electron chi connectivity index (χ1n) is 10.2. The lowest BCUT2D eigenvalue weighted by Gasteiger charge is -2.40. The number of likely N-dealkylation sites (tertiary alicyclic amines) is 1. The summed E-state index contributed by atoms with van der Waals surface area (Å²) < 4.78 is 16.2. The van der Waals surface area contributed by atoms with Gasteiger partial charge in [0, 0.05) is 50.4 Å². The predicted molar refractivity (Wildman–Crippen MR) is 125 cm³/mol. The van der Waals surface area contributed by atoms with Crippen molar-refractivity contribution in [3.63, 3.8) is 0 Å². The number of amides is 1. The van der Waals surface area contributed by atoms with Gasteiger partial charge in [0.1, 0.15) is 5.82 Å². The number of hydrogen-bond donors (Lipinski definition) is 2. The second kappa shape index (κ2) is 9.76. The minimum absolute atomic E-state index is 0. The summed E-state index contributed by atoms with van der Waals surface area (Å²) in [6.45, 7) is 5.65. The molecule has 0 bridgehead atoms. The van der Waals surface area contributed by atoms with Crippen molar-refractivity contribution >= 4 is 35.8 Å². The van der Waals surface area contributed by atoms with Crippen LogP contribution in [0.2, 0.25) is 0 Å². The number of halogens is 2. The molecule has 9 heteroatoms. The molecule has 162 valence electrons. The molecular weight excluding hydrogens is 498 g/mol. The Balaban J connectivity index is 0.00000256. The Kier molecular flexibility index (Phi) is 7.32. The molecule has 1 aromatic carbocycles. The lowest BCUT2D eigenvalue weighted by Crippen LogP contribution is -2.51. The van der Waals surface area contributed by atoms with Crippen molar-refractivity contribution in [3.8, 4) is 5.69 Å². The van der Waals surface area contributed by atoms with Crippen molar-refractivity contribution in [1.82, 2.24) is 25.1 Å². The van der Waals surface area contributed by atoms with Crippen molar-refractivity contribution in [3.05, 3.63) is 48.3 Å². The lowest BCUT2D eigenvalue weighted by atomic mass is 9.79. The highest BCUT2D eigenvalue weighted by molar-refractivity contribution is 14.0. The van der Waals surface area contributed by atoms with E-state index >= 15 is 0 Å². The van der Waals surface area contributed by atoms with E-state index in [0.717, 1.165) is 50.5 Å². The van der Waals surface area contributed by atoms with Gasteiger partial charge < -0.3 is 20.1 Å². The van der Waals surface area contributed by atoms with E-state index in [2.05, 4.69) is 20.5 Å². The van der Waals surface area contributed by atoms with Crippen LogP contribution < -0.4 is 10.6 Å². The zero-order valence-corrected chi connectivity index (χ0v) is 19.4. The third kappa shape index (κ3) is 4.93. The Labute approximate surface area is 193 Å². The van der Waals surface area contributed by atoms with Crippen LogP contribution in [0.1, 0.15) is 31.7 Å². The van der Waals surface area contributed by atoms with Gasteiger partial charge in [-0.05, 0) is 37.5 Å². The summed E-state index contributed by atoms with van der Waals surface area (Å²) >= 11 is 0. The van der Waals surface area contributed by atoms with Gasteiger partial charge in [-0.2, -0.15) is 0 Å². The van der Waals surface area contributed by atoms with Gasteiger partial charge in [0.2, 0.25) is 5.91 Å². The molecule has 0 radical (unpaired) electrons. The lowest BCUT2D eigenvalue weighted by molar-refractivity contribution is -0.119. The summed E-state index contributed by atoms with van der Waals surface area (Å²) in [6.07, 6.45) is 7.60. The van der Waals surface area contributed by atoms with Crippen LogP contribution in [-0.2, 0) is 11.3 Å². The summed E-state index contributed by atoms with van der Waals surface area (Å²) in [5.74, 6) is 0.667. The molecule has 2 N–H and O–H groups in total. The van der Waals surface area contributed by atoms with Crippen molar-refractivity contribution in [2.24, 2.45) is 10.4 Å². The standard InChI is InChI=1S/C21H27FN6O.HI/c1-2-24-20(27-8-3-6-21(14-27)11-19(29)26-13-21)25-12-16-4-5-18(17(22)10-16)28-9-7-23-15-28;/h4-5,7,9-10,15H,2-3,6,8,11-14H2,1H3,(H,24,25)(H,26,29);1H. The average Bonchev–Trinajstić information content (AvgIpc) is 3.36. The Morgan fingerprint density at radius 2 is 2.30 bits per heavy atom. The maximum Gasteiger partial charge on any atom is 0.220 e. The number of guanidine groups is 1. The molecule has 2 fully saturated rings. The van der Waals surface area contributed by atoms with E-state index in [-0.39, 0.29) is 41.1 Å². The Morgan fingerprint density at radius 1 is 1.43 bits per heavy atom. The number of piperidine rings is 1. The molecule has 1 aromatic heterocycles. The van der Waals surface area contributed by atoms with Gasteiger partial charge in [0.15, 0.2) is 5.96 Å². The molecule has 7 nitrogen and oxygen atoms in total. The fourth-order valence-corrected chi connectivity index (χ4v) is 4.28. The second-order valence-corrected chi connectivity index (χ2v) is 7.90. The molecule has 0 aliphatic carbocycles. The van der Waals surface area contributed by atoms with Gasteiger partial charge in [-0.1, -0.05) is 6.07 Å². The third-order valence-corrected chi connectivity index (χ3v) is 5.70. The van der Waals surface area contributed by atoms with Gasteiger partial charge >= 0.3 is 0 Å². The zero-order valence-electron chi connectivity index (χ0n) is 17.1. The molecule has 1 atom stereocenters. The van der Waals surface area contributed by atoms with Gasteiger partial charge in [-0.25, -0.2) is 14.4 Å². The van der Waals surface area contributed by atoms with Crippen LogP contribution in [0, 0.1) is 11.2 Å². The van der Waals surface area contributed by atoms with Gasteiger partial charge in [0.25, 0.3) is 0 Å². The van der Waals surface area contributed by atoms with Crippen LogP contribution in [0.15, 0.2) is 41.9 Å². The van der Waals surface area contributed by atoms with E-state index in [1.807, 2.05) is 13.0 Å². The Hall–Kier alpha value is -2.17. The number of nitrogens with zero attached hydrogens (tertiary/aromatic N) is 4. The fraction of sp³-hybridized carbons (Fsp3) is 0.476. The Bertz CT molecular complexity index is 903. The highest BCUT2D eigenvalue weighted by Crippen LogP contribution is 2.36. The average molecular weight is 526 g/mol. The quantitative estimate of drug-likeness (QED) is 0.365. The molecule has 2 aliphatic rings. The van der Waals surface area contributed by atoms with Gasteiger partial charge in [-0.3, -0.25) is 4.79 Å². The number of hydrogen-bond acceptors (Lipinski definition) is 3. The van der Waals surface area contributed by atoms with Gasteiger partial charge in [0.05, 0.1) is 18.6 Å². The minimum Gasteiger partial charge on any atom is -0.357 e. The number of nitrogens with one attached hydrogen (secondary N) is 2. The molecule has 2 saturated heterocycles. The molecule has 30 heavy (non-hydrogen) atoms. The normalized spacial score (nSPS) is 21.5. The highest BCUT2D eigenvalue weighted by Gasteiger charge is 2.42. The summed E-state index contributed by atoms with van der Waals surface area (Å²) in [5.41, 5.74) is 1.29. The summed E-state index contributed by atoms with van der Waals surface area (Å²) in [6, 6.07) is 5.17. The SMILES string of the molecule is CCNC(=NCc1ccc(-n2ccnc2)c(F)c1)N1CCCC2(CNC(=O)C2)C1.I. The van der Waals surface area contributed by atoms with Gasteiger partial charge in [-0.15, -0.1) is 24.0 Å². The molecule has 2 aliphatic heterocycles. The maximum absolute atomic E-state index is 14.5. The first-order valence-corrected chi connectivity index (χ1v) is 10.2. The number of benzene rings is 1. The van der Waals surface area contributed by atoms with E-state index in [4.69, 9.17) is 4.99 Å². The van der Waals surface area contributed by atoms with E-state index in [0.29, 0.717) is 18.7 Å². The largest absolute Gasteiger partial charge is 0.357 e. The smallest absolute Gasteiger partial charge is 0.220 e. The molecule has 3 heterocycles. The second-order valence-electron chi connectivity index (χ2n) is 7.90. The van der Waals surface area contributed by atoms with Crippen molar-refractivity contribution in [2.45, 2.75) is 32.7 Å². The first kappa shape index (κ1) is 22.5. The van der Waals surface area contributed by atoms with Crippen LogP contribution in [0.3, 0.4) is 0 Å². The van der Waals surface area contributed by atoms with E-state index in [1.54, 1.807) is 29.4 Å². The van der Waals surface area contributed by atoms with Crippen molar-refractivity contribution < 1.29 is 9.18 Å². The first-order chi connectivity index (χ1) is 14.1. The van der Waals surface area contributed by atoms with Crippen LogP contribution in [0.4, 0.5) is 4.39 Å². The minimum atomic E-state index is -0.298. The van der Waals surface area contributed by atoms with E-state index in [9.17, 15) is 9.18 Å². The summed E-state index contributed by atoms with van der Waals surface area (Å²) in [5, 5.41) is 6.33. The zero-order chi connectivity index (χ0) is 20.3. The number of carbonyl (C=O) groups excluding carboxylic acids is 1. The molecule has 1 amide bonds. The maximum atomic E-state index is 14.5. The molecule has 1 unspecified atom stereocenters. The number of aromatic nitrogens is 2. The van der Waals surface area contributed by atoms with Crippen LogP contribution in [0.25, 0.3) is 5.69 Å². The monoisotopic (exact) mass is 526 g/mol. The Morgan fingerprint density at radius 3 is 2.97 bits per heavy atom. The number of rotatable bonds is 4. The topological polar surface area (TPSA) is 74.6 Å². The molecule has 0 saturated carbocycles. The third-order valence-electron chi connectivity index (χ3n) is 5.70. The molecule has 4 rings (SSSR count). The van der Waals surface area contributed by atoms with Crippen LogP contribution in [-0.4, -0.2) is 52.5 Å². The number of imidazole rings is 1. The molecular formula is C21H28FIN6O. The predicted octanol–water partition coefficient (Wildman–Crippen LogP) is 2.70. The summed E-state index contributed by atoms with van der Waals surface area (Å²) in [4.78, 5) is 22.7. The summed E-state index contributed by atoms with van der Waals surface area (Å²) in [7, 11) is 0. The van der Waals surface area contributed by atoms with Crippen LogP contribution in [0.5, 0.6) is 0 Å². The molecule has 2 aromatic rings. The van der Waals surface area contributed by atoms with E-state index in [1.165, 1.54) is 6.07 Å². The van der Waals surface area contributed by atoms with Crippen molar-refractivity contribution in [2.75, 3.05) is 26.2 Å². The van der Waals surface area contributed by atoms with Crippen LogP contribution >= 0.6 is 24.0 Å². The number of aliphatic imine (C=N–C) groups is 1. The van der Waals surface area contributed by atoms with E-state index < -0.39 is 0 Å². The highest BCUT2D eigenvalue weighted by atomic mass is 127. The number of carbonyl (C=O) groups is 1.